The van der Waals surface area contributed by atoms with Crippen LogP contribution in [0.15, 0.2) is 70.2 Å². The van der Waals surface area contributed by atoms with Gasteiger partial charge >= 0.3 is 11.1 Å². The minimum atomic E-state index is -0.615. The molecule has 130 valence electrons. The van der Waals surface area contributed by atoms with Gasteiger partial charge in [0.25, 0.3) is 0 Å². The minimum Gasteiger partial charge on any atom is -0.305 e. The molecule has 0 saturated heterocycles. The number of rotatable bonds is 4. The second-order valence-corrected chi connectivity index (χ2v) is 6.65. The summed E-state index contributed by atoms with van der Waals surface area (Å²) in [7, 11) is 0. The molecule has 0 bridgehead atoms. The molecule has 1 atom stereocenters. The third-order valence-corrected chi connectivity index (χ3v) is 5.10. The third kappa shape index (κ3) is 2.05. The normalized spacial score (nSPS) is 20.7. The number of halogens is 1. The number of aromatic nitrogens is 5. The number of pyridine rings is 1. The van der Waals surface area contributed by atoms with Gasteiger partial charge in [-0.2, -0.15) is 5.10 Å². The summed E-state index contributed by atoms with van der Waals surface area (Å²) in [6, 6.07) is 5.44. The summed E-state index contributed by atoms with van der Waals surface area (Å²) in [5, 5.41) is 4.11. The number of hydrogen-bond acceptors (Lipinski definition) is 4. The molecule has 3 aromatic rings. The van der Waals surface area contributed by atoms with Crippen LogP contribution in [0, 0.1) is 0 Å². The van der Waals surface area contributed by atoms with Crippen LogP contribution in [-0.4, -0.2) is 23.9 Å². The summed E-state index contributed by atoms with van der Waals surface area (Å²) in [6.45, 7) is 0.241. The fraction of sp³-hybridized carbons (Fsp3) is 0.222. The Bertz CT molecular complexity index is 1160. The average Bonchev–Trinajstić information content (AvgIpc) is 3.00. The molecule has 3 heterocycles. The van der Waals surface area contributed by atoms with E-state index in [0.717, 1.165) is 5.56 Å². The fourth-order valence-electron chi connectivity index (χ4n) is 3.56. The van der Waals surface area contributed by atoms with Crippen molar-refractivity contribution in [2.45, 2.75) is 24.9 Å². The van der Waals surface area contributed by atoms with Crippen LogP contribution < -0.4 is 11.1 Å². The van der Waals surface area contributed by atoms with Gasteiger partial charge in [-0.1, -0.05) is 6.07 Å². The minimum absolute atomic E-state index is 0.149. The Hall–Kier alpha value is -3.29. The van der Waals surface area contributed by atoms with Gasteiger partial charge in [0, 0.05) is 43.8 Å². The molecule has 1 fully saturated rings. The van der Waals surface area contributed by atoms with Crippen molar-refractivity contribution in [3.8, 4) is 5.82 Å². The Morgan fingerprint density at radius 2 is 2.00 bits per heavy atom. The Morgan fingerprint density at radius 1 is 1.12 bits per heavy atom. The van der Waals surface area contributed by atoms with Gasteiger partial charge in [-0.15, -0.1) is 0 Å². The van der Waals surface area contributed by atoms with E-state index >= 15 is 0 Å². The zero-order valence-corrected chi connectivity index (χ0v) is 13.7. The molecule has 2 aliphatic rings. The Balaban J connectivity index is 1.42. The van der Waals surface area contributed by atoms with Crippen molar-refractivity contribution in [1.29, 1.82) is 0 Å². The van der Waals surface area contributed by atoms with E-state index in [4.69, 9.17) is 0 Å². The third-order valence-electron chi connectivity index (χ3n) is 5.10. The first-order valence-electron chi connectivity index (χ1n) is 8.24. The maximum atomic E-state index is 13.3. The molecule has 0 aromatic carbocycles. The van der Waals surface area contributed by atoms with Crippen LogP contribution in [0.2, 0.25) is 0 Å². The number of nitrogens with zero attached hydrogens (tertiary/aromatic N) is 5. The maximum Gasteiger partial charge on any atom is 0.317 e. The quantitative estimate of drug-likeness (QED) is 0.666. The van der Waals surface area contributed by atoms with E-state index in [1.165, 1.54) is 9.13 Å². The highest BCUT2D eigenvalue weighted by atomic mass is 19.1. The van der Waals surface area contributed by atoms with Crippen molar-refractivity contribution in [3.05, 3.63) is 86.9 Å². The van der Waals surface area contributed by atoms with Gasteiger partial charge in [-0.3, -0.25) is 14.2 Å². The molecule has 0 aliphatic heterocycles. The van der Waals surface area contributed by atoms with Crippen molar-refractivity contribution >= 4 is 0 Å². The number of allylic oxidation sites excluding steroid dienone is 2. The zero-order valence-electron chi connectivity index (χ0n) is 13.7. The van der Waals surface area contributed by atoms with Crippen LogP contribution in [0.4, 0.5) is 4.39 Å². The summed E-state index contributed by atoms with van der Waals surface area (Å²) < 4.78 is 17.6. The van der Waals surface area contributed by atoms with Crippen molar-refractivity contribution < 1.29 is 4.39 Å². The smallest absolute Gasteiger partial charge is 0.305 e. The maximum absolute atomic E-state index is 13.3. The van der Waals surface area contributed by atoms with Crippen molar-refractivity contribution in [1.82, 2.24) is 23.9 Å². The van der Waals surface area contributed by atoms with Crippen LogP contribution >= 0.6 is 0 Å². The largest absolute Gasteiger partial charge is 0.317 e. The van der Waals surface area contributed by atoms with E-state index < -0.39 is 16.7 Å². The molecule has 0 radical (unpaired) electrons. The van der Waals surface area contributed by atoms with E-state index in [9.17, 15) is 14.0 Å². The Morgan fingerprint density at radius 3 is 2.62 bits per heavy atom. The molecular weight excluding hydrogens is 337 g/mol. The van der Waals surface area contributed by atoms with Crippen LogP contribution in [0.1, 0.15) is 18.4 Å². The van der Waals surface area contributed by atoms with Crippen LogP contribution in [0.25, 0.3) is 5.82 Å². The fourth-order valence-corrected chi connectivity index (χ4v) is 3.56. The highest BCUT2D eigenvalue weighted by Gasteiger charge is 2.61. The lowest BCUT2D eigenvalue weighted by atomic mass is 10.0. The van der Waals surface area contributed by atoms with E-state index in [-0.39, 0.29) is 18.8 Å². The van der Waals surface area contributed by atoms with E-state index in [1.54, 1.807) is 47.8 Å². The van der Waals surface area contributed by atoms with Gasteiger partial charge in [-0.05, 0) is 23.3 Å². The molecule has 7 nitrogen and oxygen atoms in total. The Labute approximate surface area is 146 Å². The average molecular weight is 351 g/mol. The topological polar surface area (TPSA) is 74.7 Å². The second-order valence-electron chi connectivity index (χ2n) is 6.65. The highest BCUT2D eigenvalue weighted by molar-refractivity contribution is 5.49. The predicted molar refractivity (Wildman–Crippen MR) is 90.8 cm³/mol. The summed E-state index contributed by atoms with van der Waals surface area (Å²) >= 11 is 0. The van der Waals surface area contributed by atoms with Crippen molar-refractivity contribution in [3.63, 3.8) is 0 Å². The van der Waals surface area contributed by atoms with Crippen molar-refractivity contribution in [2.75, 3.05) is 0 Å². The van der Waals surface area contributed by atoms with Crippen LogP contribution in [0.5, 0.6) is 0 Å². The van der Waals surface area contributed by atoms with Gasteiger partial charge in [0.1, 0.15) is 5.83 Å². The molecule has 0 N–H and O–H groups in total. The molecule has 2 aliphatic carbocycles. The summed E-state index contributed by atoms with van der Waals surface area (Å²) in [5.74, 6) is 0.519. The highest BCUT2D eigenvalue weighted by Crippen LogP contribution is 2.63. The lowest BCUT2D eigenvalue weighted by molar-refractivity contribution is 0.385. The standard InChI is InChI=1S/C18H14FN5O2/c19-14-9-18(8-13(14)18)23-7-6-22(16(25)17(23)26)11-12-2-3-15(20-10-12)24-5-1-4-21-24/h1-7,10H,8-9,11H2. The van der Waals surface area contributed by atoms with E-state index in [2.05, 4.69) is 10.1 Å². The van der Waals surface area contributed by atoms with E-state index in [1.807, 2.05) is 6.07 Å². The zero-order chi connectivity index (χ0) is 17.9. The van der Waals surface area contributed by atoms with Crippen LogP contribution in [-0.2, 0) is 12.1 Å². The molecule has 0 amide bonds. The molecule has 5 rings (SSSR count). The second kappa shape index (κ2) is 5.10. The molecule has 8 heteroatoms. The molecule has 1 unspecified atom stereocenters. The van der Waals surface area contributed by atoms with Gasteiger partial charge in [0.05, 0.1) is 12.1 Å². The van der Waals surface area contributed by atoms with Crippen LogP contribution in [0.3, 0.4) is 0 Å². The lowest BCUT2D eigenvalue weighted by Gasteiger charge is -2.23. The first-order valence-corrected chi connectivity index (χ1v) is 8.24. The number of hydrogen-bond donors (Lipinski definition) is 0. The summed E-state index contributed by atoms with van der Waals surface area (Å²) in [6.07, 6.45) is 9.00. The van der Waals surface area contributed by atoms with Crippen molar-refractivity contribution in [2.24, 2.45) is 0 Å². The Kier molecular flexibility index (Phi) is 2.95. The molecule has 0 spiro atoms. The molecule has 26 heavy (non-hydrogen) atoms. The molecular formula is C18H14FN5O2. The number of fused-ring (bicyclic) bond motifs is 1. The lowest BCUT2D eigenvalue weighted by Crippen LogP contribution is -2.45. The SMILES string of the molecule is O=c1c(=O)n(C23CC(F)=C2C3)ccn1Cc1ccc(-n2cccn2)nc1. The van der Waals surface area contributed by atoms with E-state index in [0.29, 0.717) is 17.8 Å². The molecule has 3 aromatic heterocycles. The predicted octanol–water partition coefficient (Wildman–Crippen LogP) is 1.37. The van der Waals surface area contributed by atoms with Gasteiger partial charge in [0.15, 0.2) is 5.82 Å². The summed E-state index contributed by atoms with van der Waals surface area (Å²) in [4.78, 5) is 29.2. The molecule has 1 saturated carbocycles. The summed E-state index contributed by atoms with van der Waals surface area (Å²) in [5.41, 5.74) is -0.352. The first kappa shape index (κ1) is 15.0. The van der Waals surface area contributed by atoms with Gasteiger partial charge in [0.2, 0.25) is 0 Å². The first-order chi connectivity index (χ1) is 12.6. The monoisotopic (exact) mass is 351 g/mol. The van der Waals surface area contributed by atoms with Gasteiger partial charge < -0.3 is 4.57 Å². The van der Waals surface area contributed by atoms with Gasteiger partial charge in [-0.25, -0.2) is 14.1 Å².